The van der Waals surface area contributed by atoms with Crippen molar-refractivity contribution in [2.75, 3.05) is 13.2 Å². The molecular formula is C19H23ClFN5O4. The number of aromatic nitrogens is 3. The van der Waals surface area contributed by atoms with Crippen LogP contribution in [0.2, 0.25) is 5.15 Å². The second-order valence-electron chi connectivity index (χ2n) is 8.49. The summed E-state index contributed by atoms with van der Waals surface area (Å²) in [6, 6.07) is -0.280. The van der Waals surface area contributed by atoms with Gasteiger partial charge in [-0.25, -0.2) is 14.2 Å². The van der Waals surface area contributed by atoms with E-state index in [-0.39, 0.29) is 47.6 Å². The Morgan fingerprint density at radius 3 is 2.90 bits per heavy atom. The van der Waals surface area contributed by atoms with E-state index in [4.69, 9.17) is 21.1 Å². The largest absolute Gasteiger partial charge is 0.475 e. The third-order valence-corrected chi connectivity index (χ3v) is 5.54. The molecule has 2 aliphatic rings. The quantitative estimate of drug-likeness (QED) is 0.705. The highest BCUT2D eigenvalue weighted by molar-refractivity contribution is 6.30. The molecule has 162 valence electrons. The van der Waals surface area contributed by atoms with Crippen molar-refractivity contribution in [2.24, 2.45) is 0 Å². The number of aromatic amines is 1. The molecule has 0 aromatic carbocycles. The van der Waals surface area contributed by atoms with Gasteiger partial charge in [-0.05, 0) is 33.6 Å². The van der Waals surface area contributed by atoms with Gasteiger partial charge >= 0.3 is 6.09 Å². The van der Waals surface area contributed by atoms with Crippen LogP contribution in [-0.4, -0.2) is 62.8 Å². The molecule has 2 saturated heterocycles. The van der Waals surface area contributed by atoms with Gasteiger partial charge in [-0.3, -0.25) is 9.69 Å². The van der Waals surface area contributed by atoms with Crippen LogP contribution in [0.3, 0.4) is 0 Å². The lowest BCUT2D eigenvalue weighted by Gasteiger charge is -2.40. The molecule has 2 fully saturated rings. The van der Waals surface area contributed by atoms with Gasteiger partial charge in [-0.15, -0.1) is 0 Å². The summed E-state index contributed by atoms with van der Waals surface area (Å²) in [7, 11) is 0. The smallest absolute Gasteiger partial charge is 0.410 e. The van der Waals surface area contributed by atoms with E-state index >= 15 is 0 Å². The van der Waals surface area contributed by atoms with Crippen LogP contribution in [0.4, 0.5) is 9.18 Å². The maximum atomic E-state index is 14.2. The number of carbonyl (C=O) groups is 1. The summed E-state index contributed by atoms with van der Waals surface area (Å²) in [5.41, 5.74) is -1.37. The van der Waals surface area contributed by atoms with Crippen LogP contribution in [0, 0.1) is 5.82 Å². The maximum Gasteiger partial charge on any atom is 0.410 e. The molecule has 2 bridgehead atoms. The van der Waals surface area contributed by atoms with E-state index in [2.05, 4.69) is 20.3 Å². The van der Waals surface area contributed by atoms with Gasteiger partial charge < -0.3 is 19.8 Å². The second kappa shape index (κ2) is 7.66. The lowest BCUT2D eigenvalue weighted by atomic mass is 10.1. The summed E-state index contributed by atoms with van der Waals surface area (Å²) in [6.45, 7) is 6.20. The van der Waals surface area contributed by atoms with Crippen LogP contribution in [0.1, 0.15) is 33.6 Å². The summed E-state index contributed by atoms with van der Waals surface area (Å²) in [5.74, 6) is -0.980. The Hall–Kier alpha value is -2.46. The van der Waals surface area contributed by atoms with Crippen molar-refractivity contribution in [3.63, 3.8) is 0 Å². The number of nitrogens with zero attached hydrogens (tertiary/aromatic N) is 3. The molecule has 2 aromatic heterocycles. The first-order chi connectivity index (χ1) is 14.2. The Morgan fingerprint density at radius 1 is 1.40 bits per heavy atom. The Labute approximate surface area is 176 Å². The second-order valence-corrected chi connectivity index (χ2v) is 8.85. The minimum Gasteiger partial charge on any atom is -0.475 e. The lowest BCUT2D eigenvalue weighted by Crippen LogP contribution is -2.61. The van der Waals surface area contributed by atoms with Crippen LogP contribution in [-0.2, 0) is 4.74 Å². The highest BCUT2D eigenvalue weighted by Gasteiger charge is 2.46. The van der Waals surface area contributed by atoms with Gasteiger partial charge in [-0.2, -0.15) is 4.98 Å². The first-order valence-corrected chi connectivity index (χ1v) is 10.1. The fourth-order valence-corrected chi connectivity index (χ4v) is 4.20. The van der Waals surface area contributed by atoms with Gasteiger partial charge in [0.15, 0.2) is 11.0 Å². The average molecular weight is 440 g/mol. The molecule has 4 rings (SSSR count). The van der Waals surface area contributed by atoms with Gasteiger partial charge in [0, 0.05) is 12.6 Å². The molecule has 1 amide bonds. The number of hydrogen-bond donors (Lipinski definition) is 2. The highest BCUT2D eigenvalue weighted by Crippen LogP contribution is 2.32. The number of H-pyrrole nitrogens is 1. The van der Waals surface area contributed by atoms with Gasteiger partial charge in [0.1, 0.15) is 23.1 Å². The van der Waals surface area contributed by atoms with Gasteiger partial charge in [0.05, 0.1) is 18.4 Å². The number of rotatable bonds is 3. The van der Waals surface area contributed by atoms with Crippen molar-refractivity contribution in [3.05, 3.63) is 27.7 Å². The topological polar surface area (TPSA) is 109 Å². The SMILES string of the molecule is CC(C)(C)OC(=O)N1[C@@H]2CC[C@H]1[C@@H](COc1nc(Cl)c(F)c3nc[nH]c(=O)c13)NC2. The van der Waals surface area contributed by atoms with E-state index in [0.29, 0.717) is 6.54 Å². The fraction of sp³-hybridized carbons (Fsp3) is 0.579. The van der Waals surface area contributed by atoms with E-state index in [1.54, 1.807) is 4.90 Å². The minimum atomic E-state index is -0.879. The summed E-state index contributed by atoms with van der Waals surface area (Å²) in [4.78, 5) is 36.8. The summed E-state index contributed by atoms with van der Waals surface area (Å²) in [6.07, 6.45) is 2.40. The minimum absolute atomic E-state index is 0.0624. The van der Waals surface area contributed by atoms with Crippen molar-refractivity contribution >= 4 is 28.6 Å². The molecule has 0 aliphatic carbocycles. The summed E-state index contributed by atoms with van der Waals surface area (Å²) in [5, 5.41) is 2.84. The Kier molecular flexibility index (Phi) is 5.31. The van der Waals surface area contributed by atoms with Crippen molar-refractivity contribution in [1.82, 2.24) is 25.2 Å². The van der Waals surface area contributed by atoms with Crippen molar-refractivity contribution in [1.29, 1.82) is 0 Å². The first-order valence-electron chi connectivity index (χ1n) is 9.75. The number of amides is 1. The normalized spacial score (nSPS) is 23.6. The van der Waals surface area contributed by atoms with E-state index < -0.39 is 22.1 Å². The summed E-state index contributed by atoms with van der Waals surface area (Å²) >= 11 is 5.85. The lowest BCUT2D eigenvalue weighted by molar-refractivity contribution is 0.00115. The predicted molar refractivity (Wildman–Crippen MR) is 107 cm³/mol. The van der Waals surface area contributed by atoms with E-state index in [1.807, 2.05) is 20.8 Å². The molecule has 0 unspecified atom stereocenters. The third kappa shape index (κ3) is 3.81. The molecule has 0 saturated carbocycles. The molecule has 0 spiro atoms. The molecule has 2 N–H and O–H groups in total. The number of carbonyl (C=O) groups excluding carboxylic acids is 1. The molecule has 9 nitrogen and oxygen atoms in total. The maximum absolute atomic E-state index is 14.2. The number of piperazine rings is 1. The first kappa shape index (κ1) is 20.8. The zero-order valence-electron chi connectivity index (χ0n) is 16.9. The van der Waals surface area contributed by atoms with E-state index in [0.717, 1.165) is 19.2 Å². The monoisotopic (exact) mass is 439 g/mol. The molecule has 11 heteroatoms. The number of hydrogen-bond acceptors (Lipinski definition) is 7. The van der Waals surface area contributed by atoms with Gasteiger partial charge in [0.25, 0.3) is 5.56 Å². The van der Waals surface area contributed by atoms with E-state index in [9.17, 15) is 14.0 Å². The standard InChI is InChI=1S/C19H23ClFN5O4/c1-19(2,3)30-18(28)26-9-4-5-11(26)10(22-6-9)7-29-17-12-14(13(21)15(20)25-17)23-8-24-16(12)27/h8-11,22H,4-7H2,1-3H3,(H,23,24,27)/t9-,10-,11+/m1/s1. The molecule has 2 aromatic rings. The predicted octanol–water partition coefficient (Wildman–Crippen LogP) is 2.23. The van der Waals surface area contributed by atoms with Crippen molar-refractivity contribution < 1.29 is 18.7 Å². The Balaban J connectivity index is 1.55. The van der Waals surface area contributed by atoms with Crippen LogP contribution in [0.5, 0.6) is 5.88 Å². The number of nitrogens with one attached hydrogen (secondary N) is 2. The van der Waals surface area contributed by atoms with Crippen molar-refractivity contribution in [3.8, 4) is 5.88 Å². The molecule has 0 radical (unpaired) electrons. The van der Waals surface area contributed by atoms with Crippen LogP contribution in [0.15, 0.2) is 11.1 Å². The van der Waals surface area contributed by atoms with Gasteiger partial charge in [-0.1, -0.05) is 11.6 Å². The molecule has 3 atom stereocenters. The fourth-order valence-electron chi connectivity index (χ4n) is 4.03. The molecular weight excluding hydrogens is 417 g/mol. The average Bonchev–Trinajstić information content (AvgIpc) is 2.98. The third-order valence-electron chi connectivity index (χ3n) is 5.29. The van der Waals surface area contributed by atoms with Crippen molar-refractivity contribution in [2.45, 2.75) is 57.3 Å². The Morgan fingerprint density at radius 2 is 2.17 bits per heavy atom. The van der Waals surface area contributed by atoms with Gasteiger partial charge in [0.2, 0.25) is 5.88 Å². The van der Waals surface area contributed by atoms with Crippen LogP contribution >= 0.6 is 11.6 Å². The number of halogens is 2. The molecule has 2 aliphatic heterocycles. The highest BCUT2D eigenvalue weighted by atomic mass is 35.5. The molecule has 30 heavy (non-hydrogen) atoms. The Bertz CT molecular complexity index is 1040. The molecule has 4 heterocycles. The van der Waals surface area contributed by atoms with E-state index in [1.165, 1.54) is 0 Å². The zero-order valence-corrected chi connectivity index (χ0v) is 17.6. The van der Waals surface area contributed by atoms with Crippen LogP contribution in [0.25, 0.3) is 10.9 Å². The number of pyridine rings is 1. The number of ether oxygens (including phenoxy) is 2. The number of fused-ring (bicyclic) bond motifs is 3. The van der Waals surface area contributed by atoms with Crippen LogP contribution < -0.4 is 15.6 Å². The summed E-state index contributed by atoms with van der Waals surface area (Å²) < 4.78 is 25.6. The zero-order chi connectivity index (χ0) is 21.6.